The maximum Gasteiger partial charge on any atom is 0.389 e. The minimum absolute atomic E-state index is 0. The fourth-order valence-corrected chi connectivity index (χ4v) is 3.69. The van der Waals surface area contributed by atoms with Crippen molar-refractivity contribution in [3.8, 4) is 11.1 Å². The van der Waals surface area contributed by atoms with Gasteiger partial charge in [-0.1, -0.05) is 24.3 Å². The molecule has 1 aliphatic heterocycles. The number of fused-ring (bicyclic) bond motifs is 3. The van der Waals surface area contributed by atoms with E-state index in [0.29, 0.717) is 16.7 Å². The number of alkyl halides is 3. The van der Waals surface area contributed by atoms with E-state index in [-0.39, 0.29) is 24.4 Å². The van der Waals surface area contributed by atoms with Crippen LogP contribution in [0.15, 0.2) is 42.6 Å². The van der Waals surface area contributed by atoms with Crippen molar-refractivity contribution in [1.29, 1.82) is 0 Å². The summed E-state index contributed by atoms with van der Waals surface area (Å²) in [6, 6.07) is 8.98. The van der Waals surface area contributed by atoms with Crippen LogP contribution in [0.1, 0.15) is 31.2 Å². The third-order valence-electron chi connectivity index (χ3n) is 5.17. The van der Waals surface area contributed by atoms with Gasteiger partial charge in [0.25, 0.3) is 0 Å². The van der Waals surface area contributed by atoms with E-state index in [1.54, 1.807) is 36.4 Å². The molecule has 0 radical (unpaired) electrons. The Bertz CT molecular complexity index is 1030. The van der Waals surface area contributed by atoms with Crippen LogP contribution in [-0.4, -0.2) is 58.5 Å². The Morgan fingerprint density at radius 1 is 1.18 bits per heavy atom. The van der Waals surface area contributed by atoms with Gasteiger partial charge < -0.3 is 15.9 Å². The van der Waals surface area contributed by atoms with E-state index in [0.717, 1.165) is 0 Å². The van der Waals surface area contributed by atoms with Gasteiger partial charge in [0.1, 0.15) is 11.7 Å². The molecule has 33 heavy (non-hydrogen) atoms. The summed E-state index contributed by atoms with van der Waals surface area (Å²) in [7, 11) is 0. The van der Waals surface area contributed by atoms with Crippen LogP contribution in [0, 0.1) is 0 Å². The monoisotopic (exact) mass is 467 g/mol. The maximum atomic E-state index is 13.4. The van der Waals surface area contributed by atoms with Crippen molar-refractivity contribution in [2.75, 3.05) is 18.1 Å². The van der Waals surface area contributed by atoms with Crippen molar-refractivity contribution < 1.29 is 38.1 Å². The zero-order valence-electron chi connectivity index (χ0n) is 17.7. The molecule has 0 unspecified atom stereocenters. The first-order valence-electron chi connectivity index (χ1n) is 10.0. The van der Waals surface area contributed by atoms with Crippen LogP contribution in [0.5, 0.6) is 0 Å². The first kappa shape index (κ1) is 25.9. The summed E-state index contributed by atoms with van der Waals surface area (Å²) in [4.78, 5) is 44.2. The molecule has 2 atom stereocenters. The Hall–Kier alpha value is -3.31. The second-order valence-electron chi connectivity index (χ2n) is 7.42. The number of benzene rings is 1. The molecule has 3 rings (SSSR count). The van der Waals surface area contributed by atoms with Crippen molar-refractivity contribution in [1.82, 2.24) is 10.3 Å². The fourth-order valence-electron chi connectivity index (χ4n) is 3.69. The smallest absolute Gasteiger partial charge is 0.389 e. The van der Waals surface area contributed by atoms with Crippen molar-refractivity contribution in [2.45, 2.75) is 37.9 Å². The summed E-state index contributed by atoms with van der Waals surface area (Å²) in [5.41, 5.74) is 1.59. The van der Waals surface area contributed by atoms with E-state index in [2.05, 4.69) is 10.3 Å². The van der Waals surface area contributed by atoms with E-state index in [1.807, 2.05) is 0 Å². The predicted molar refractivity (Wildman–Crippen MR) is 113 cm³/mol. The number of Topliss-reactive ketones (excluding diaryl/α,β-unsaturated/α-hetero) is 1. The Labute approximate surface area is 187 Å². The predicted octanol–water partition coefficient (Wildman–Crippen LogP) is 1.76. The molecule has 2 amide bonds. The average molecular weight is 467 g/mol. The highest BCUT2D eigenvalue weighted by Gasteiger charge is 2.40. The molecule has 0 saturated heterocycles. The van der Waals surface area contributed by atoms with Crippen LogP contribution in [0.3, 0.4) is 0 Å². The van der Waals surface area contributed by atoms with Crippen molar-refractivity contribution >= 4 is 23.4 Å². The second-order valence-corrected chi connectivity index (χ2v) is 7.42. The van der Waals surface area contributed by atoms with Gasteiger partial charge in [-0.25, -0.2) is 4.98 Å². The summed E-state index contributed by atoms with van der Waals surface area (Å²) in [6.45, 7) is 0.853. The highest BCUT2D eigenvalue weighted by atomic mass is 19.4. The molecule has 178 valence electrons. The standard InChI is InChI=1S/C22H22F3N3O4.H2O/c1-13(27-17(30)8-9-22(23,24)25)19(31)18-15-6-3-2-5-14(15)16-7-4-10-26-20(16)28(11-12-29)21(18)32;/h2-7,10,13,18,29H,8-9,11-12H2,1H3,(H,27,30);1H2/t13-,18-;/m0./s1. The SMILES string of the molecule is C[C@H](NC(=O)CCC(F)(F)F)C(=O)[C@H]1C(=O)N(CCO)c2ncccc2-c2ccccc21.O. The van der Waals surface area contributed by atoms with Crippen LogP contribution < -0.4 is 10.2 Å². The molecule has 1 aromatic heterocycles. The normalized spacial score (nSPS) is 16.1. The largest absolute Gasteiger partial charge is 0.412 e. The molecule has 1 aliphatic rings. The number of amides is 2. The number of hydrogen-bond donors (Lipinski definition) is 2. The summed E-state index contributed by atoms with van der Waals surface area (Å²) in [5, 5.41) is 11.8. The van der Waals surface area contributed by atoms with Crippen LogP contribution in [0.25, 0.3) is 11.1 Å². The van der Waals surface area contributed by atoms with Crippen molar-refractivity contribution in [2.24, 2.45) is 0 Å². The lowest BCUT2D eigenvalue weighted by molar-refractivity contribution is -0.144. The molecule has 0 fully saturated rings. The minimum Gasteiger partial charge on any atom is -0.412 e. The topological polar surface area (TPSA) is 131 Å². The number of anilines is 1. The number of aliphatic hydroxyl groups excluding tert-OH is 1. The fraction of sp³-hybridized carbons (Fsp3) is 0.364. The molecule has 0 spiro atoms. The zero-order valence-corrected chi connectivity index (χ0v) is 17.7. The van der Waals surface area contributed by atoms with E-state index in [1.165, 1.54) is 18.0 Å². The number of carbonyl (C=O) groups is 3. The van der Waals surface area contributed by atoms with Crippen molar-refractivity contribution in [3.63, 3.8) is 0 Å². The van der Waals surface area contributed by atoms with Crippen LogP contribution in [-0.2, 0) is 14.4 Å². The molecule has 0 saturated carbocycles. The quantitative estimate of drug-likeness (QED) is 0.599. The number of aliphatic hydroxyl groups is 1. The van der Waals surface area contributed by atoms with Gasteiger partial charge in [0.15, 0.2) is 5.78 Å². The highest BCUT2D eigenvalue weighted by Crippen LogP contribution is 2.40. The molecule has 11 heteroatoms. The molecule has 0 aliphatic carbocycles. The van der Waals surface area contributed by atoms with Gasteiger partial charge in [-0.15, -0.1) is 0 Å². The van der Waals surface area contributed by atoms with Gasteiger partial charge in [-0.3, -0.25) is 19.3 Å². The van der Waals surface area contributed by atoms with E-state index in [9.17, 15) is 32.7 Å². The zero-order chi connectivity index (χ0) is 23.5. The van der Waals surface area contributed by atoms with Gasteiger partial charge in [-0.05, 0) is 30.2 Å². The summed E-state index contributed by atoms with van der Waals surface area (Å²) in [5.74, 6) is -3.28. The first-order chi connectivity index (χ1) is 15.1. The number of ketones is 1. The maximum absolute atomic E-state index is 13.4. The number of nitrogens with one attached hydrogen (secondary N) is 1. The molecule has 8 nitrogen and oxygen atoms in total. The van der Waals surface area contributed by atoms with Gasteiger partial charge in [0.05, 0.1) is 25.6 Å². The van der Waals surface area contributed by atoms with Crippen LogP contribution in [0.2, 0.25) is 0 Å². The van der Waals surface area contributed by atoms with Gasteiger partial charge in [-0.2, -0.15) is 13.2 Å². The van der Waals surface area contributed by atoms with Gasteiger partial charge in [0, 0.05) is 18.2 Å². The number of aromatic nitrogens is 1. The lowest BCUT2D eigenvalue weighted by Gasteiger charge is -2.25. The van der Waals surface area contributed by atoms with E-state index in [4.69, 9.17) is 0 Å². The van der Waals surface area contributed by atoms with E-state index < -0.39 is 48.6 Å². The third-order valence-corrected chi connectivity index (χ3v) is 5.17. The Morgan fingerprint density at radius 3 is 2.52 bits per heavy atom. The average Bonchev–Trinajstić information content (AvgIpc) is 2.85. The molecule has 1 aromatic carbocycles. The molecule has 2 heterocycles. The Morgan fingerprint density at radius 2 is 1.85 bits per heavy atom. The Balaban J connectivity index is 0.00000385. The molecule has 4 N–H and O–H groups in total. The number of hydrogen-bond acceptors (Lipinski definition) is 5. The van der Waals surface area contributed by atoms with Crippen molar-refractivity contribution in [3.05, 3.63) is 48.2 Å². The number of rotatable bonds is 7. The molecule has 2 aromatic rings. The molecular formula is C22H24F3N3O5. The summed E-state index contributed by atoms with van der Waals surface area (Å²) < 4.78 is 37.2. The highest BCUT2D eigenvalue weighted by molar-refractivity contribution is 6.17. The number of pyridine rings is 1. The lowest BCUT2D eigenvalue weighted by Crippen LogP contribution is -2.46. The number of carbonyl (C=O) groups excluding carboxylic acids is 3. The second kappa shape index (κ2) is 10.5. The minimum atomic E-state index is -4.50. The summed E-state index contributed by atoms with van der Waals surface area (Å²) >= 11 is 0. The van der Waals surface area contributed by atoms with Gasteiger partial charge in [0.2, 0.25) is 11.8 Å². The third kappa shape index (κ3) is 5.74. The van der Waals surface area contributed by atoms with Crippen LogP contribution in [0.4, 0.5) is 19.0 Å². The van der Waals surface area contributed by atoms with E-state index >= 15 is 0 Å². The van der Waals surface area contributed by atoms with Gasteiger partial charge >= 0.3 is 6.18 Å². The lowest BCUT2D eigenvalue weighted by atomic mass is 9.86. The van der Waals surface area contributed by atoms with Crippen LogP contribution >= 0.6 is 0 Å². The summed E-state index contributed by atoms with van der Waals surface area (Å²) in [6.07, 6.45) is -5.13. The number of halogens is 3. The molecule has 0 bridgehead atoms. The molecular weight excluding hydrogens is 443 g/mol. The Kier molecular flexibility index (Phi) is 8.29. The first-order valence-corrected chi connectivity index (χ1v) is 10.0. The number of β-amino-alcohol motifs (C(OH)–C–C–N with tert-alkyl or cyclic N) is 1. The number of nitrogens with zero attached hydrogens (tertiary/aromatic N) is 2.